The Kier molecular flexibility index (Phi) is 29.6. The largest absolute Gasteiger partial charge is 0.350 e. The van der Waals surface area contributed by atoms with Gasteiger partial charge in [0.25, 0.3) is 0 Å². The second kappa shape index (κ2) is 17.2. The molecular weight excluding hydrogens is 322 g/mol. The smallest absolute Gasteiger partial charge is 0.240 e. The third kappa shape index (κ3) is 14.3. The standard InChI is InChI=1S/C9H20N4O.4ClH/c1-9(12,4-2-3-5-10)8(14)13-7-6-11;;;;/h6,11H,2-5,7,10,12H2,1H3,(H,13,14);4*1H/t9-;;;;/m0..../s1. The van der Waals surface area contributed by atoms with Crippen LogP contribution in [0.25, 0.3) is 0 Å². The molecular formula is C9H24Cl4N4O. The maximum Gasteiger partial charge on any atom is 0.240 e. The molecule has 0 aromatic rings. The summed E-state index contributed by atoms with van der Waals surface area (Å²) in [5, 5.41) is 9.33. The van der Waals surface area contributed by atoms with Crippen molar-refractivity contribution in [3.63, 3.8) is 0 Å². The number of halogens is 4. The molecule has 5 nitrogen and oxygen atoms in total. The summed E-state index contributed by atoms with van der Waals surface area (Å²) in [4.78, 5) is 11.4. The van der Waals surface area contributed by atoms with Crippen molar-refractivity contribution in [2.75, 3.05) is 13.1 Å². The molecule has 0 saturated carbocycles. The number of rotatable bonds is 7. The lowest BCUT2D eigenvalue weighted by atomic mass is 9.95. The molecule has 18 heavy (non-hydrogen) atoms. The number of hydrogen-bond donors (Lipinski definition) is 4. The van der Waals surface area contributed by atoms with Gasteiger partial charge in [0.05, 0.1) is 12.1 Å². The van der Waals surface area contributed by atoms with E-state index in [4.69, 9.17) is 16.9 Å². The van der Waals surface area contributed by atoms with Crippen LogP contribution in [-0.4, -0.2) is 30.8 Å². The van der Waals surface area contributed by atoms with Gasteiger partial charge >= 0.3 is 0 Å². The highest BCUT2D eigenvalue weighted by atomic mass is 35.5. The van der Waals surface area contributed by atoms with Crippen molar-refractivity contribution in [2.45, 2.75) is 31.7 Å². The van der Waals surface area contributed by atoms with Gasteiger partial charge in [-0.05, 0) is 32.7 Å². The minimum absolute atomic E-state index is 0. The summed E-state index contributed by atoms with van der Waals surface area (Å²) < 4.78 is 0. The van der Waals surface area contributed by atoms with Crippen LogP contribution in [0.5, 0.6) is 0 Å². The topological polar surface area (TPSA) is 105 Å². The summed E-state index contributed by atoms with van der Waals surface area (Å²) in [5.41, 5.74) is 10.3. The van der Waals surface area contributed by atoms with Gasteiger partial charge in [-0.3, -0.25) is 4.79 Å². The van der Waals surface area contributed by atoms with Crippen molar-refractivity contribution in [2.24, 2.45) is 11.5 Å². The molecule has 0 aromatic carbocycles. The van der Waals surface area contributed by atoms with Crippen LogP contribution < -0.4 is 16.8 Å². The summed E-state index contributed by atoms with van der Waals surface area (Å²) in [5.74, 6) is -0.210. The molecule has 0 bridgehead atoms. The zero-order valence-electron chi connectivity index (χ0n) is 10.3. The Bertz CT molecular complexity index is 205. The fourth-order valence-corrected chi connectivity index (χ4v) is 1.10. The number of nitrogens with one attached hydrogen (secondary N) is 2. The van der Waals surface area contributed by atoms with E-state index >= 15 is 0 Å². The Morgan fingerprint density at radius 3 is 2.17 bits per heavy atom. The van der Waals surface area contributed by atoms with Crippen molar-refractivity contribution in [3.8, 4) is 0 Å². The zero-order valence-corrected chi connectivity index (χ0v) is 13.6. The minimum Gasteiger partial charge on any atom is -0.350 e. The Hall–Kier alpha value is 0.220. The van der Waals surface area contributed by atoms with Crippen LogP contribution in [0.3, 0.4) is 0 Å². The van der Waals surface area contributed by atoms with E-state index in [0.29, 0.717) is 13.0 Å². The molecule has 1 amide bonds. The summed E-state index contributed by atoms with van der Waals surface area (Å²) in [6, 6.07) is 0. The average Bonchev–Trinajstić information content (AvgIpc) is 2.14. The molecule has 6 N–H and O–H groups in total. The lowest BCUT2D eigenvalue weighted by Crippen LogP contribution is -2.51. The quantitative estimate of drug-likeness (QED) is 0.412. The van der Waals surface area contributed by atoms with Gasteiger partial charge in [-0.15, -0.1) is 49.6 Å². The molecule has 0 aliphatic heterocycles. The highest BCUT2D eigenvalue weighted by Gasteiger charge is 2.26. The van der Waals surface area contributed by atoms with Gasteiger partial charge in [0.1, 0.15) is 0 Å². The van der Waals surface area contributed by atoms with E-state index in [0.717, 1.165) is 19.1 Å². The van der Waals surface area contributed by atoms with Crippen molar-refractivity contribution in [1.29, 1.82) is 5.41 Å². The van der Waals surface area contributed by atoms with Crippen LogP contribution in [0.4, 0.5) is 0 Å². The van der Waals surface area contributed by atoms with Crippen molar-refractivity contribution in [1.82, 2.24) is 5.32 Å². The van der Waals surface area contributed by atoms with Crippen LogP contribution in [0.15, 0.2) is 0 Å². The van der Waals surface area contributed by atoms with Crippen molar-refractivity contribution >= 4 is 61.7 Å². The molecule has 114 valence electrons. The van der Waals surface area contributed by atoms with E-state index in [9.17, 15) is 4.79 Å². The summed E-state index contributed by atoms with van der Waals surface area (Å²) in [6.07, 6.45) is 3.48. The van der Waals surface area contributed by atoms with E-state index < -0.39 is 5.54 Å². The molecule has 0 aromatic heterocycles. The SMILES string of the molecule is C[C@](N)(CCCCN)C(=O)NCC=N.Cl.Cl.Cl.Cl. The Morgan fingerprint density at radius 1 is 1.28 bits per heavy atom. The molecule has 0 saturated heterocycles. The molecule has 0 rings (SSSR count). The number of unbranched alkanes of at least 4 members (excludes halogenated alkanes) is 1. The normalized spacial score (nSPS) is 11.3. The first-order valence-electron chi connectivity index (χ1n) is 4.81. The summed E-state index contributed by atoms with van der Waals surface area (Å²) >= 11 is 0. The van der Waals surface area contributed by atoms with Gasteiger partial charge in [-0.2, -0.15) is 0 Å². The molecule has 9 heteroatoms. The van der Waals surface area contributed by atoms with Gasteiger partial charge in [-0.1, -0.05) is 0 Å². The van der Waals surface area contributed by atoms with E-state index in [1.807, 2.05) is 0 Å². The van der Waals surface area contributed by atoms with Crippen LogP contribution in [0.2, 0.25) is 0 Å². The van der Waals surface area contributed by atoms with Gasteiger partial charge in [0, 0.05) is 6.21 Å². The fraction of sp³-hybridized carbons (Fsp3) is 0.778. The first-order chi connectivity index (χ1) is 6.54. The van der Waals surface area contributed by atoms with E-state index in [-0.39, 0.29) is 62.1 Å². The minimum atomic E-state index is -0.849. The predicted octanol–water partition coefficient (Wildman–Crippen LogP) is 1.29. The van der Waals surface area contributed by atoms with Gasteiger partial charge in [0.15, 0.2) is 0 Å². The van der Waals surface area contributed by atoms with Crippen LogP contribution in [0.1, 0.15) is 26.2 Å². The zero-order chi connectivity index (χ0) is 11.0. The molecule has 0 radical (unpaired) electrons. The van der Waals surface area contributed by atoms with E-state index in [1.165, 1.54) is 0 Å². The van der Waals surface area contributed by atoms with Crippen LogP contribution >= 0.6 is 49.6 Å². The second-order valence-electron chi connectivity index (χ2n) is 3.58. The maximum atomic E-state index is 11.4. The Labute approximate surface area is 133 Å². The van der Waals surface area contributed by atoms with Gasteiger partial charge in [-0.25, -0.2) is 0 Å². The molecule has 0 aliphatic carbocycles. The third-order valence-electron chi connectivity index (χ3n) is 2.03. The molecule has 0 unspecified atom stereocenters. The van der Waals surface area contributed by atoms with Crippen LogP contribution in [0, 0.1) is 5.41 Å². The maximum absolute atomic E-state index is 11.4. The highest BCUT2D eigenvalue weighted by Crippen LogP contribution is 2.10. The molecule has 0 heterocycles. The number of nitrogens with two attached hydrogens (primary N) is 2. The second-order valence-corrected chi connectivity index (χ2v) is 3.58. The number of hydrogen-bond acceptors (Lipinski definition) is 4. The number of carbonyl (C=O) groups excluding carboxylic acids is 1. The monoisotopic (exact) mass is 344 g/mol. The van der Waals surface area contributed by atoms with E-state index in [2.05, 4.69) is 5.32 Å². The highest BCUT2D eigenvalue weighted by molar-refractivity contribution is 5.87. The van der Waals surface area contributed by atoms with Crippen molar-refractivity contribution < 1.29 is 4.79 Å². The molecule has 1 atom stereocenters. The van der Waals surface area contributed by atoms with Crippen LogP contribution in [-0.2, 0) is 4.79 Å². The van der Waals surface area contributed by atoms with Crippen molar-refractivity contribution in [3.05, 3.63) is 0 Å². The number of carbonyl (C=O) groups is 1. The number of amides is 1. The Morgan fingerprint density at radius 2 is 1.78 bits per heavy atom. The molecule has 0 spiro atoms. The van der Waals surface area contributed by atoms with E-state index in [1.54, 1.807) is 6.92 Å². The van der Waals surface area contributed by atoms with Gasteiger partial charge in [0.2, 0.25) is 5.91 Å². The van der Waals surface area contributed by atoms with Gasteiger partial charge < -0.3 is 22.2 Å². The fourth-order valence-electron chi connectivity index (χ4n) is 1.10. The molecule has 0 aliphatic rings. The lowest BCUT2D eigenvalue weighted by molar-refractivity contribution is -0.125. The third-order valence-corrected chi connectivity index (χ3v) is 2.03. The average molecular weight is 346 g/mol. The first kappa shape index (κ1) is 30.9. The lowest BCUT2D eigenvalue weighted by Gasteiger charge is -2.22. The predicted molar refractivity (Wildman–Crippen MR) is 86.3 cm³/mol. The summed E-state index contributed by atoms with van der Waals surface area (Å²) in [6.45, 7) is 2.56. The Balaban J connectivity index is -0.000000141. The molecule has 0 fully saturated rings. The first-order valence-corrected chi connectivity index (χ1v) is 4.81. The summed E-state index contributed by atoms with van der Waals surface area (Å²) in [7, 11) is 0.